The molecule has 2 rings (SSSR count). The van der Waals surface area contributed by atoms with Crippen LogP contribution in [0.15, 0.2) is 36.2 Å². The Hall–Kier alpha value is -2.54. The number of aliphatic hydroxyl groups is 1. The highest BCUT2D eigenvalue weighted by atomic mass is 19.1. The van der Waals surface area contributed by atoms with Gasteiger partial charge >= 0.3 is 6.34 Å². The largest absolute Gasteiger partial charge is 0.465 e. The number of halogens is 1. The van der Waals surface area contributed by atoms with Gasteiger partial charge in [-0.2, -0.15) is 0 Å². The fourth-order valence-corrected chi connectivity index (χ4v) is 1.43. The second-order valence-electron chi connectivity index (χ2n) is 3.72. The van der Waals surface area contributed by atoms with E-state index in [-0.39, 0.29) is 5.82 Å². The van der Waals surface area contributed by atoms with Gasteiger partial charge < -0.3 is 9.84 Å². The van der Waals surface area contributed by atoms with Crippen LogP contribution in [-0.4, -0.2) is 24.3 Å². The molecule has 96 valence electrons. The fourth-order valence-electron chi connectivity index (χ4n) is 1.43. The Morgan fingerprint density at radius 3 is 2.79 bits per heavy atom. The Balaban J connectivity index is 2.14. The molecule has 0 fully saturated rings. The molecular formula is C14H12FN2O2+. The van der Waals surface area contributed by atoms with Crippen molar-refractivity contribution in [2.75, 3.05) is 7.11 Å². The molecule has 4 nitrogen and oxygen atoms in total. The first-order valence-electron chi connectivity index (χ1n) is 5.56. The van der Waals surface area contributed by atoms with Crippen LogP contribution in [0.3, 0.4) is 0 Å². The van der Waals surface area contributed by atoms with E-state index in [2.05, 4.69) is 21.8 Å². The SMILES string of the molecule is COC1=CC(C#CC(O)c2ccc(F)cc2)=[N+]=CN1. The summed E-state index contributed by atoms with van der Waals surface area (Å²) >= 11 is 0. The molecule has 0 radical (unpaired) electrons. The molecule has 2 N–H and O–H groups in total. The number of aliphatic hydroxyl groups excluding tert-OH is 1. The molecule has 19 heavy (non-hydrogen) atoms. The van der Waals surface area contributed by atoms with Gasteiger partial charge in [0.25, 0.3) is 11.6 Å². The molecule has 1 aliphatic heterocycles. The lowest BCUT2D eigenvalue weighted by Gasteiger charge is -2.02. The molecule has 1 unspecified atom stereocenters. The summed E-state index contributed by atoms with van der Waals surface area (Å²) in [5.74, 6) is 5.54. The molecule has 1 heterocycles. The van der Waals surface area contributed by atoms with Crippen molar-refractivity contribution in [2.24, 2.45) is 0 Å². The third-order valence-corrected chi connectivity index (χ3v) is 2.42. The predicted octanol–water partition coefficient (Wildman–Crippen LogP) is 0.490. The van der Waals surface area contributed by atoms with Crippen molar-refractivity contribution >= 4 is 12.1 Å². The third-order valence-electron chi connectivity index (χ3n) is 2.42. The summed E-state index contributed by atoms with van der Waals surface area (Å²) < 4.78 is 21.7. The molecule has 1 aromatic carbocycles. The average Bonchev–Trinajstić information content (AvgIpc) is 2.46. The van der Waals surface area contributed by atoms with Crippen molar-refractivity contribution in [1.82, 2.24) is 9.98 Å². The van der Waals surface area contributed by atoms with E-state index in [9.17, 15) is 9.50 Å². The molecule has 1 atom stereocenters. The zero-order valence-electron chi connectivity index (χ0n) is 10.2. The van der Waals surface area contributed by atoms with Crippen LogP contribution in [0, 0.1) is 17.7 Å². The fraction of sp³-hybridized carbons (Fsp3) is 0.143. The maximum absolute atomic E-state index is 12.7. The van der Waals surface area contributed by atoms with E-state index < -0.39 is 6.10 Å². The maximum atomic E-state index is 12.7. The van der Waals surface area contributed by atoms with Gasteiger partial charge in [-0.15, -0.1) is 0 Å². The first kappa shape index (κ1) is 12.9. The van der Waals surface area contributed by atoms with Crippen molar-refractivity contribution in [1.29, 1.82) is 0 Å². The first-order chi connectivity index (χ1) is 9.19. The highest BCUT2D eigenvalue weighted by molar-refractivity contribution is 6.10. The van der Waals surface area contributed by atoms with E-state index in [1.54, 1.807) is 6.08 Å². The second kappa shape index (κ2) is 5.87. The number of ether oxygens (including phenoxy) is 1. The lowest BCUT2D eigenvalue weighted by atomic mass is 10.1. The molecule has 0 amide bonds. The number of benzene rings is 1. The molecule has 0 spiro atoms. The molecular weight excluding hydrogens is 247 g/mol. The number of allylic oxidation sites excluding steroid dienone is 1. The highest BCUT2D eigenvalue weighted by Crippen LogP contribution is 2.12. The minimum absolute atomic E-state index is 0.353. The third kappa shape index (κ3) is 3.46. The molecule has 5 heteroatoms. The minimum Gasteiger partial charge on any atom is -0.465 e. The van der Waals surface area contributed by atoms with Gasteiger partial charge in [0.05, 0.1) is 13.2 Å². The Morgan fingerprint density at radius 1 is 1.37 bits per heavy atom. The summed E-state index contributed by atoms with van der Waals surface area (Å²) in [5.41, 5.74) is 1.00. The van der Waals surface area contributed by atoms with Crippen LogP contribution in [0.4, 0.5) is 4.39 Å². The number of hydrogen-bond donors (Lipinski definition) is 2. The van der Waals surface area contributed by atoms with Crippen LogP contribution in [0.5, 0.6) is 0 Å². The Labute approximate surface area is 110 Å². The number of methoxy groups -OCH3 is 1. The van der Waals surface area contributed by atoms with Crippen molar-refractivity contribution in [2.45, 2.75) is 6.10 Å². The minimum atomic E-state index is -0.988. The van der Waals surface area contributed by atoms with Crippen molar-refractivity contribution < 1.29 is 14.2 Å². The van der Waals surface area contributed by atoms with Gasteiger partial charge in [-0.25, -0.2) is 14.4 Å². The molecule has 0 saturated carbocycles. The standard InChI is InChI=1S/C14H11FN2O2/c1-19-14-8-12(16-9-17-14)6-7-13(18)10-2-4-11(15)5-3-10/h2-5,8-9,13,18H,1H3/p+1. The topological polar surface area (TPSA) is 55.6 Å². The van der Waals surface area contributed by atoms with E-state index in [1.807, 2.05) is 0 Å². The summed E-state index contributed by atoms with van der Waals surface area (Å²) in [4.78, 5) is 0. The monoisotopic (exact) mass is 259 g/mol. The van der Waals surface area contributed by atoms with Crippen molar-refractivity contribution in [3.8, 4) is 11.8 Å². The van der Waals surface area contributed by atoms with Crippen molar-refractivity contribution in [3.05, 3.63) is 47.6 Å². The van der Waals surface area contributed by atoms with Crippen LogP contribution in [0.1, 0.15) is 11.7 Å². The van der Waals surface area contributed by atoms with E-state index in [4.69, 9.17) is 4.74 Å². The number of hydrogen-bond acceptors (Lipinski definition) is 3. The quantitative estimate of drug-likeness (QED) is 0.600. The smallest absolute Gasteiger partial charge is 0.340 e. The molecule has 0 bridgehead atoms. The molecule has 0 saturated heterocycles. The summed E-state index contributed by atoms with van der Waals surface area (Å²) in [5, 5.41) is 12.6. The van der Waals surface area contributed by atoms with Gasteiger partial charge in [-0.3, -0.25) is 0 Å². The van der Waals surface area contributed by atoms with Crippen LogP contribution in [-0.2, 0) is 4.74 Å². The predicted molar refractivity (Wildman–Crippen MR) is 70.6 cm³/mol. The van der Waals surface area contributed by atoms with Crippen LogP contribution < -0.4 is 9.98 Å². The summed E-state index contributed by atoms with van der Waals surface area (Å²) in [6, 6.07) is 5.53. The van der Waals surface area contributed by atoms with E-state index in [0.717, 1.165) is 0 Å². The number of nitrogens with zero attached hydrogens (tertiary/aromatic N) is 1. The van der Waals surface area contributed by atoms with E-state index in [1.165, 1.54) is 37.7 Å². The van der Waals surface area contributed by atoms with E-state index >= 15 is 0 Å². The highest BCUT2D eigenvalue weighted by Gasteiger charge is 2.10. The summed E-state index contributed by atoms with van der Waals surface area (Å²) in [6.45, 7) is 0. The number of rotatable bonds is 2. The summed E-state index contributed by atoms with van der Waals surface area (Å²) in [7, 11) is 1.52. The lowest BCUT2D eigenvalue weighted by molar-refractivity contribution is 0.238. The van der Waals surface area contributed by atoms with Gasteiger partial charge in [-0.05, 0) is 23.6 Å². The average molecular weight is 259 g/mol. The molecule has 1 aromatic rings. The van der Waals surface area contributed by atoms with Gasteiger partial charge in [0.2, 0.25) is 0 Å². The zero-order valence-corrected chi connectivity index (χ0v) is 10.2. The Bertz CT molecular complexity index is 617. The van der Waals surface area contributed by atoms with E-state index in [0.29, 0.717) is 17.2 Å². The second-order valence-corrected chi connectivity index (χ2v) is 3.72. The molecule has 0 aliphatic carbocycles. The Morgan fingerprint density at radius 2 is 2.11 bits per heavy atom. The zero-order chi connectivity index (χ0) is 13.7. The Kier molecular flexibility index (Phi) is 3.99. The first-order valence-corrected chi connectivity index (χ1v) is 5.56. The number of nitrogens with one attached hydrogen (secondary N) is 1. The van der Waals surface area contributed by atoms with Gasteiger partial charge in [-0.1, -0.05) is 18.1 Å². The van der Waals surface area contributed by atoms with Gasteiger partial charge in [0.15, 0.2) is 0 Å². The van der Waals surface area contributed by atoms with Crippen LogP contribution in [0.2, 0.25) is 0 Å². The van der Waals surface area contributed by atoms with Crippen LogP contribution in [0.25, 0.3) is 0 Å². The molecule has 0 aromatic heterocycles. The van der Waals surface area contributed by atoms with Gasteiger partial charge in [0.1, 0.15) is 11.9 Å². The van der Waals surface area contributed by atoms with Crippen LogP contribution >= 0.6 is 0 Å². The maximum Gasteiger partial charge on any atom is 0.340 e. The van der Waals surface area contributed by atoms with Crippen molar-refractivity contribution in [3.63, 3.8) is 0 Å². The normalized spacial score (nSPS) is 14.5. The summed E-state index contributed by atoms with van der Waals surface area (Å²) in [6.07, 6.45) is 2.08. The molecule has 1 aliphatic rings. The van der Waals surface area contributed by atoms with Gasteiger partial charge in [0, 0.05) is 0 Å². The lowest BCUT2D eigenvalue weighted by Crippen LogP contribution is -2.20.